The number of carboxylic acids is 1. The van der Waals surface area contributed by atoms with Crippen molar-refractivity contribution in [1.29, 1.82) is 0 Å². The van der Waals surface area contributed by atoms with Crippen molar-refractivity contribution in [3.63, 3.8) is 0 Å². The van der Waals surface area contributed by atoms with Gasteiger partial charge in [-0.3, -0.25) is 4.79 Å². The summed E-state index contributed by atoms with van der Waals surface area (Å²) in [5.41, 5.74) is 1.64. The Morgan fingerprint density at radius 1 is 0.914 bits per heavy atom. The fraction of sp³-hybridized carbons (Fsp3) is 0.200. The van der Waals surface area contributed by atoms with Crippen LogP contribution >= 0.6 is 11.3 Å². The van der Waals surface area contributed by atoms with E-state index in [1.54, 1.807) is 30.3 Å². The van der Waals surface area contributed by atoms with E-state index in [0.29, 0.717) is 34.1 Å². The van der Waals surface area contributed by atoms with E-state index in [1.807, 2.05) is 17.5 Å². The van der Waals surface area contributed by atoms with Gasteiger partial charge in [-0.2, -0.15) is 0 Å². The van der Waals surface area contributed by atoms with Crippen molar-refractivity contribution < 1.29 is 38.4 Å². The molecule has 0 aliphatic carbocycles. The number of methoxy groups -OCH3 is 4. The average molecular weight is 509 g/mol. The Morgan fingerprint density at radius 3 is 2.09 bits per heavy atom. The second-order valence-electron chi connectivity index (χ2n) is 6.86. The standard InChI is InChI=1S/C25H24O8S.Na.H/c1-29-20-13-19(33-14-24(27)28)15(10-17(20)23-6-5-9-34-23)7-8-18(26)16-11-21(30-2)25(32-4)22(12-16)31-3;;/h5-13H,14H2,1-4H3,(H,27,28);;/b8-7+;;. The van der Waals surface area contributed by atoms with Crippen LogP contribution in [-0.2, 0) is 4.79 Å². The van der Waals surface area contributed by atoms with E-state index < -0.39 is 12.6 Å². The van der Waals surface area contributed by atoms with Gasteiger partial charge in [0, 0.05) is 27.6 Å². The molecule has 1 N–H and O–H groups in total. The molecule has 0 radical (unpaired) electrons. The van der Waals surface area contributed by atoms with Gasteiger partial charge in [0.1, 0.15) is 11.5 Å². The average Bonchev–Trinajstić information content (AvgIpc) is 3.39. The third-order valence-electron chi connectivity index (χ3n) is 4.83. The van der Waals surface area contributed by atoms with E-state index in [0.717, 1.165) is 10.4 Å². The number of ketones is 1. The van der Waals surface area contributed by atoms with Crippen LogP contribution in [0.2, 0.25) is 0 Å². The van der Waals surface area contributed by atoms with E-state index in [1.165, 1.54) is 45.9 Å². The van der Waals surface area contributed by atoms with E-state index in [2.05, 4.69) is 0 Å². The fourth-order valence-electron chi connectivity index (χ4n) is 3.25. The number of thiophene rings is 1. The SMILES string of the molecule is COc1cc(OCC(=O)O)c(/C=C/C(=O)c2cc(OC)c(OC)c(OC)c2)cc1-c1cccs1.[NaH]. The van der Waals surface area contributed by atoms with Gasteiger partial charge in [0.05, 0.1) is 28.4 Å². The number of hydrogen-bond acceptors (Lipinski definition) is 8. The summed E-state index contributed by atoms with van der Waals surface area (Å²) < 4.78 is 26.9. The number of hydrogen-bond donors (Lipinski definition) is 1. The number of benzene rings is 2. The van der Waals surface area contributed by atoms with E-state index in [-0.39, 0.29) is 41.1 Å². The fourth-order valence-corrected chi connectivity index (χ4v) is 4.00. The predicted molar refractivity (Wildman–Crippen MR) is 136 cm³/mol. The van der Waals surface area contributed by atoms with Crippen molar-refractivity contribution in [3.8, 4) is 39.2 Å². The molecule has 0 saturated heterocycles. The van der Waals surface area contributed by atoms with Crippen LogP contribution in [0.15, 0.2) is 47.9 Å². The summed E-state index contributed by atoms with van der Waals surface area (Å²) in [7, 11) is 5.94. The molecule has 1 aromatic heterocycles. The molecule has 0 atom stereocenters. The third kappa shape index (κ3) is 6.79. The molecule has 0 aliphatic rings. The van der Waals surface area contributed by atoms with Crippen molar-refractivity contribution in [2.45, 2.75) is 0 Å². The van der Waals surface area contributed by atoms with Crippen LogP contribution in [0, 0.1) is 0 Å². The Balaban J connectivity index is 0.00000432. The summed E-state index contributed by atoms with van der Waals surface area (Å²) >= 11 is 1.53. The predicted octanol–water partition coefficient (Wildman–Crippen LogP) is 4.16. The molecule has 0 spiro atoms. The molecule has 0 unspecified atom stereocenters. The van der Waals surface area contributed by atoms with Gasteiger partial charge in [0.2, 0.25) is 5.75 Å². The monoisotopic (exact) mass is 508 g/mol. The Morgan fingerprint density at radius 2 is 1.57 bits per heavy atom. The molecule has 0 amide bonds. The summed E-state index contributed by atoms with van der Waals surface area (Å²) in [4.78, 5) is 25.0. The molecule has 1 heterocycles. The second-order valence-corrected chi connectivity index (χ2v) is 7.81. The summed E-state index contributed by atoms with van der Waals surface area (Å²) in [6, 6.07) is 10.4. The van der Waals surface area contributed by atoms with Crippen LogP contribution in [0.4, 0.5) is 0 Å². The molecule has 3 rings (SSSR count). The van der Waals surface area contributed by atoms with Gasteiger partial charge in [-0.1, -0.05) is 6.07 Å². The van der Waals surface area contributed by atoms with Gasteiger partial charge in [0.25, 0.3) is 0 Å². The number of carbonyl (C=O) groups excluding carboxylic acids is 1. The maximum absolute atomic E-state index is 13.0. The van der Waals surface area contributed by atoms with Crippen LogP contribution < -0.4 is 23.7 Å². The second kappa shape index (κ2) is 13.2. The van der Waals surface area contributed by atoms with Crippen molar-refractivity contribution in [1.82, 2.24) is 0 Å². The topological polar surface area (TPSA) is 101 Å². The van der Waals surface area contributed by atoms with Crippen LogP contribution in [0.25, 0.3) is 16.5 Å². The molecule has 0 bridgehead atoms. The normalized spacial score (nSPS) is 10.4. The molecular weight excluding hydrogens is 483 g/mol. The molecule has 10 heteroatoms. The summed E-state index contributed by atoms with van der Waals surface area (Å²) in [5, 5.41) is 11.0. The van der Waals surface area contributed by atoms with Crippen molar-refractivity contribution in [3.05, 3.63) is 59.0 Å². The number of rotatable bonds is 11. The Hall–Kier alpha value is -2.98. The van der Waals surface area contributed by atoms with Gasteiger partial charge >= 0.3 is 35.5 Å². The van der Waals surface area contributed by atoms with Gasteiger partial charge < -0.3 is 28.8 Å². The Kier molecular flexibility index (Phi) is 10.7. The molecule has 2 aromatic carbocycles. The summed E-state index contributed by atoms with van der Waals surface area (Å²) in [6.07, 6.45) is 2.94. The molecule has 3 aromatic rings. The van der Waals surface area contributed by atoms with Gasteiger partial charge in [-0.15, -0.1) is 11.3 Å². The number of aliphatic carboxylic acids is 1. The zero-order valence-electron chi connectivity index (χ0n) is 19.1. The Bertz CT molecular complexity index is 1180. The molecular formula is C25H25NaO8S. The van der Waals surface area contributed by atoms with Crippen LogP contribution in [0.1, 0.15) is 15.9 Å². The minimum absolute atomic E-state index is 0. The molecule has 180 valence electrons. The summed E-state index contributed by atoms with van der Waals surface area (Å²) in [5.74, 6) is 0.443. The van der Waals surface area contributed by atoms with Crippen LogP contribution in [0.5, 0.6) is 28.7 Å². The van der Waals surface area contributed by atoms with Gasteiger partial charge in [-0.25, -0.2) is 4.79 Å². The molecule has 8 nitrogen and oxygen atoms in total. The number of ether oxygens (including phenoxy) is 5. The molecule has 35 heavy (non-hydrogen) atoms. The molecule has 0 aliphatic heterocycles. The first-order valence-corrected chi connectivity index (χ1v) is 10.9. The first kappa shape index (κ1) is 28.3. The quantitative estimate of drug-likeness (QED) is 0.234. The summed E-state index contributed by atoms with van der Waals surface area (Å²) in [6.45, 7) is -0.539. The first-order valence-electron chi connectivity index (χ1n) is 10.0. The van der Waals surface area contributed by atoms with E-state index >= 15 is 0 Å². The van der Waals surface area contributed by atoms with Crippen LogP contribution in [0.3, 0.4) is 0 Å². The van der Waals surface area contributed by atoms with Crippen LogP contribution in [-0.4, -0.2) is 81.5 Å². The zero-order valence-corrected chi connectivity index (χ0v) is 19.9. The van der Waals surface area contributed by atoms with Gasteiger partial charge in [-0.05, 0) is 41.8 Å². The number of carbonyl (C=O) groups is 2. The van der Waals surface area contributed by atoms with E-state index in [4.69, 9.17) is 28.8 Å². The maximum atomic E-state index is 13.0. The van der Waals surface area contributed by atoms with E-state index in [9.17, 15) is 9.59 Å². The first-order chi connectivity index (χ1) is 16.4. The molecule has 0 saturated carbocycles. The van der Waals surface area contributed by atoms with Crippen molar-refractivity contribution in [2.24, 2.45) is 0 Å². The molecule has 0 fully saturated rings. The number of carboxylic acid groups (broad SMARTS) is 1. The zero-order chi connectivity index (χ0) is 24.7. The van der Waals surface area contributed by atoms with Crippen molar-refractivity contribution >= 4 is 58.7 Å². The van der Waals surface area contributed by atoms with Gasteiger partial charge in [0.15, 0.2) is 23.9 Å². The number of allylic oxidation sites excluding steroid dienone is 1. The minimum atomic E-state index is -1.12. The Labute approximate surface area is 229 Å². The third-order valence-corrected chi connectivity index (χ3v) is 5.74. The van der Waals surface area contributed by atoms with Crippen molar-refractivity contribution in [2.75, 3.05) is 35.0 Å².